The summed E-state index contributed by atoms with van der Waals surface area (Å²) in [6.45, 7) is 2.00. The van der Waals surface area contributed by atoms with Crippen molar-refractivity contribution in [1.29, 1.82) is 0 Å². The number of rotatable bonds is 4. The molecule has 1 N–H and O–H groups in total. The molecule has 1 unspecified atom stereocenters. The molecule has 0 heterocycles. The smallest absolute Gasteiger partial charge is 0.303 e. The molecule has 1 aromatic rings. The number of aliphatic carboxylic acids is 1. The molecule has 1 aromatic carbocycles. The minimum Gasteiger partial charge on any atom is -0.481 e. The summed E-state index contributed by atoms with van der Waals surface area (Å²) in [5, 5.41) is 9.64. The maximum Gasteiger partial charge on any atom is 0.303 e. The highest BCUT2D eigenvalue weighted by molar-refractivity contribution is 6.31. The first-order valence-corrected chi connectivity index (χ1v) is 5.93. The molecule has 0 saturated heterocycles. The van der Waals surface area contributed by atoms with E-state index in [9.17, 15) is 4.79 Å². The molecule has 1 fully saturated rings. The largest absolute Gasteiger partial charge is 0.481 e. The summed E-state index contributed by atoms with van der Waals surface area (Å²) in [5.74, 6) is -0.144. The lowest BCUT2D eigenvalue weighted by atomic mass is 9.90. The predicted octanol–water partition coefficient (Wildman–Crippen LogP) is 3.62. The monoisotopic (exact) mass is 238 g/mol. The number of aryl methyl sites for hydroxylation is 1. The molecule has 1 aliphatic rings. The Kier molecular flexibility index (Phi) is 3.20. The van der Waals surface area contributed by atoms with E-state index in [0.717, 1.165) is 24.0 Å². The summed E-state index contributed by atoms with van der Waals surface area (Å²) in [6, 6.07) is 5.84. The minimum atomic E-state index is -0.741. The zero-order valence-corrected chi connectivity index (χ0v) is 10.00. The second-order valence-corrected chi connectivity index (χ2v) is 4.97. The van der Waals surface area contributed by atoms with Crippen molar-refractivity contribution in [3.8, 4) is 0 Å². The van der Waals surface area contributed by atoms with Crippen LogP contribution in [-0.4, -0.2) is 11.1 Å². The Labute approximate surface area is 100 Å². The highest BCUT2D eigenvalue weighted by atomic mass is 35.5. The van der Waals surface area contributed by atoms with Gasteiger partial charge >= 0.3 is 5.97 Å². The van der Waals surface area contributed by atoms with E-state index in [0.29, 0.717) is 10.9 Å². The number of carbonyl (C=O) groups is 1. The van der Waals surface area contributed by atoms with Gasteiger partial charge in [0.1, 0.15) is 0 Å². The van der Waals surface area contributed by atoms with E-state index in [2.05, 4.69) is 0 Å². The summed E-state index contributed by atoms with van der Waals surface area (Å²) in [7, 11) is 0. The Morgan fingerprint density at radius 2 is 2.25 bits per heavy atom. The molecular weight excluding hydrogens is 224 g/mol. The van der Waals surface area contributed by atoms with Crippen LogP contribution in [0.3, 0.4) is 0 Å². The van der Waals surface area contributed by atoms with Gasteiger partial charge in [-0.3, -0.25) is 4.79 Å². The lowest BCUT2D eigenvalue weighted by Crippen LogP contribution is -2.09. The topological polar surface area (TPSA) is 37.3 Å². The van der Waals surface area contributed by atoms with Crippen LogP contribution in [-0.2, 0) is 4.79 Å². The van der Waals surface area contributed by atoms with Gasteiger partial charge in [-0.2, -0.15) is 0 Å². The third-order valence-corrected chi connectivity index (χ3v) is 3.48. The van der Waals surface area contributed by atoms with Crippen LogP contribution in [0, 0.1) is 12.8 Å². The maximum absolute atomic E-state index is 10.9. The molecule has 2 nitrogen and oxygen atoms in total. The van der Waals surface area contributed by atoms with Gasteiger partial charge in [-0.25, -0.2) is 0 Å². The molecule has 0 amide bonds. The highest BCUT2D eigenvalue weighted by Gasteiger charge is 2.34. The summed E-state index contributed by atoms with van der Waals surface area (Å²) in [5.41, 5.74) is 2.14. The molecule has 0 radical (unpaired) electrons. The van der Waals surface area contributed by atoms with E-state index in [4.69, 9.17) is 16.7 Å². The van der Waals surface area contributed by atoms with Gasteiger partial charge in [0.05, 0.1) is 6.42 Å². The van der Waals surface area contributed by atoms with Crippen molar-refractivity contribution in [1.82, 2.24) is 0 Å². The van der Waals surface area contributed by atoms with E-state index in [1.165, 1.54) is 0 Å². The van der Waals surface area contributed by atoms with Crippen LogP contribution >= 0.6 is 11.6 Å². The molecule has 1 aliphatic carbocycles. The third-order valence-electron chi connectivity index (χ3n) is 3.14. The fourth-order valence-corrected chi connectivity index (χ4v) is 2.42. The van der Waals surface area contributed by atoms with Crippen LogP contribution in [0.5, 0.6) is 0 Å². The number of carboxylic acid groups (broad SMARTS) is 1. The Morgan fingerprint density at radius 1 is 1.56 bits per heavy atom. The van der Waals surface area contributed by atoms with E-state index in [1.807, 2.05) is 25.1 Å². The first kappa shape index (κ1) is 11.5. The van der Waals surface area contributed by atoms with Crippen molar-refractivity contribution in [2.45, 2.75) is 32.1 Å². The van der Waals surface area contributed by atoms with Crippen LogP contribution in [0.2, 0.25) is 5.02 Å². The third kappa shape index (κ3) is 2.56. The Hall–Kier alpha value is -1.02. The van der Waals surface area contributed by atoms with E-state index in [1.54, 1.807) is 0 Å². The van der Waals surface area contributed by atoms with Gasteiger partial charge in [0, 0.05) is 5.02 Å². The van der Waals surface area contributed by atoms with Gasteiger partial charge in [-0.05, 0) is 43.2 Å². The molecule has 86 valence electrons. The van der Waals surface area contributed by atoms with Gasteiger partial charge in [0.25, 0.3) is 0 Å². The molecule has 3 heteroatoms. The summed E-state index contributed by atoms with van der Waals surface area (Å²) in [4.78, 5) is 10.9. The van der Waals surface area contributed by atoms with Crippen molar-refractivity contribution in [3.05, 3.63) is 34.3 Å². The first-order valence-electron chi connectivity index (χ1n) is 5.56. The molecule has 16 heavy (non-hydrogen) atoms. The molecule has 1 saturated carbocycles. The lowest BCUT2D eigenvalue weighted by Gasteiger charge is -2.16. The fourth-order valence-electron chi connectivity index (χ4n) is 2.16. The zero-order valence-electron chi connectivity index (χ0n) is 9.24. The Balaban J connectivity index is 2.30. The summed E-state index contributed by atoms with van der Waals surface area (Å²) >= 11 is 6.15. The average Bonchev–Trinajstić information content (AvgIpc) is 3.02. The highest BCUT2D eigenvalue weighted by Crippen LogP contribution is 2.46. The predicted molar refractivity (Wildman–Crippen MR) is 63.9 cm³/mol. The first-order chi connectivity index (χ1) is 7.58. The number of halogens is 1. The molecule has 0 aliphatic heterocycles. The second kappa shape index (κ2) is 4.46. The van der Waals surface area contributed by atoms with Gasteiger partial charge in [-0.1, -0.05) is 29.3 Å². The van der Waals surface area contributed by atoms with Crippen LogP contribution in [0.4, 0.5) is 0 Å². The van der Waals surface area contributed by atoms with E-state index in [-0.39, 0.29) is 12.3 Å². The number of benzene rings is 1. The molecule has 0 spiro atoms. The average molecular weight is 239 g/mol. The standard InChI is InChI=1S/C13H15ClO2/c1-8-2-5-12(14)11(6-8)10(7-13(15)16)9-3-4-9/h2,5-6,9-10H,3-4,7H2,1H3,(H,15,16). The Bertz CT molecular complexity index is 410. The van der Waals surface area contributed by atoms with Gasteiger partial charge < -0.3 is 5.11 Å². The van der Waals surface area contributed by atoms with E-state index >= 15 is 0 Å². The van der Waals surface area contributed by atoms with Crippen LogP contribution in [0.25, 0.3) is 0 Å². The van der Waals surface area contributed by atoms with Crippen molar-refractivity contribution in [2.75, 3.05) is 0 Å². The quantitative estimate of drug-likeness (QED) is 0.870. The SMILES string of the molecule is Cc1ccc(Cl)c(C(CC(=O)O)C2CC2)c1. The van der Waals surface area contributed by atoms with Crippen molar-refractivity contribution in [3.63, 3.8) is 0 Å². The van der Waals surface area contributed by atoms with Gasteiger partial charge in [-0.15, -0.1) is 0 Å². The number of hydrogen-bond acceptors (Lipinski definition) is 1. The number of hydrogen-bond donors (Lipinski definition) is 1. The van der Waals surface area contributed by atoms with Crippen molar-refractivity contribution < 1.29 is 9.90 Å². The zero-order chi connectivity index (χ0) is 11.7. The summed E-state index contributed by atoms with van der Waals surface area (Å²) in [6.07, 6.45) is 2.44. The van der Waals surface area contributed by atoms with Crippen LogP contribution in [0.15, 0.2) is 18.2 Å². The van der Waals surface area contributed by atoms with Crippen molar-refractivity contribution in [2.24, 2.45) is 5.92 Å². The fraction of sp³-hybridized carbons (Fsp3) is 0.462. The lowest BCUT2D eigenvalue weighted by molar-refractivity contribution is -0.137. The maximum atomic E-state index is 10.9. The molecule has 1 atom stereocenters. The molecule has 0 aromatic heterocycles. The molecule has 0 bridgehead atoms. The second-order valence-electron chi connectivity index (χ2n) is 4.57. The molecule has 2 rings (SSSR count). The Morgan fingerprint density at radius 3 is 2.81 bits per heavy atom. The molecular formula is C13H15ClO2. The summed E-state index contributed by atoms with van der Waals surface area (Å²) < 4.78 is 0. The minimum absolute atomic E-state index is 0.0879. The van der Waals surface area contributed by atoms with Crippen molar-refractivity contribution >= 4 is 17.6 Å². The number of carboxylic acids is 1. The van der Waals surface area contributed by atoms with Gasteiger partial charge in [0.2, 0.25) is 0 Å². The van der Waals surface area contributed by atoms with Crippen LogP contribution in [0.1, 0.15) is 36.3 Å². The van der Waals surface area contributed by atoms with Gasteiger partial charge in [0.15, 0.2) is 0 Å². The van der Waals surface area contributed by atoms with E-state index < -0.39 is 5.97 Å². The normalized spacial score (nSPS) is 17.1. The van der Waals surface area contributed by atoms with Crippen LogP contribution < -0.4 is 0 Å².